The third-order valence-electron chi connectivity index (χ3n) is 3.10. The van der Waals surface area contributed by atoms with E-state index in [0.717, 1.165) is 25.2 Å². The molecule has 1 nitrogen and oxygen atoms in total. The fraction of sp³-hybridized carbons (Fsp3) is 0.818. The summed E-state index contributed by atoms with van der Waals surface area (Å²) in [5.74, 6) is 1.81. The summed E-state index contributed by atoms with van der Waals surface area (Å²) in [4.78, 5) is 0. The van der Waals surface area contributed by atoms with Crippen LogP contribution in [-0.4, -0.2) is 12.8 Å². The molecule has 13 heavy (non-hydrogen) atoms. The topological polar surface area (TPSA) is 9.23 Å². The zero-order valence-electron chi connectivity index (χ0n) is 8.35. The van der Waals surface area contributed by atoms with Gasteiger partial charge < -0.3 is 4.74 Å². The lowest BCUT2D eigenvalue weighted by Gasteiger charge is -2.33. The molecule has 0 bridgehead atoms. The molecule has 0 fully saturated rings. The highest BCUT2D eigenvalue weighted by molar-refractivity contribution is 5.17. The van der Waals surface area contributed by atoms with Crippen LogP contribution in [0.15, 0.2) is 11.3 Å². The molecular formula is C11H17FO. The van der Waals surface area contributed by atoms with Crippen LogP contribution in [0.5, 0.6) is 0 Å². The zero-order valence-corrected chi connectivity index (χ0v) is 8.35. The van der Waals surface area contributed by atoms with Gasteiger partial charge in [0.2, 0.25) is 0 Å². The van der Waals surface area contributed by atoms with Crippen molar-refractivity contribution in [1.82, 2.24) is 0 Å². The Labute approximate surface area is 79.0 Å². The number of halogens is 1. The third kappa shape index (κ3) is 1.72. The maximum Gasteiger partial charge on any atom is 0.107 e. The molecule has 0 saturated heterocycles. The maximum absolute atomic E-state index is 13.4. The predicted molar refractivity (Wildman–Crippen MR) is 50.1 cm³/mol. The van der Waals surface area contributed by atoms with Gasteiger partial charge in [-0.15, -0.1) is 0 Å². The van der Waals surface area contributed by atoms with E-state index in [1.165, 1.54) is 5.57 Å². The Balaban J connectivity index is 2.14. The van der Waals surface area contributed by atoms with E-state index in [0.29, 0.717) is 12.3 Å². The first kappa shape index (κ1) is 9.04. The molecule has 0 aromatic carbocycles. The monoisotopic (exact) mass is 184 g/mol. The smallest absolute Gasteiger partial charge is 0.107 e. The largest absolute Gasteiger partial charge is 0.498 e. The second kappa shape index (κ2) is 3.32. The molecule has 2 aliphatic rings. The second-order valence-electron chi connectivity index (χ2n) is 4.55. The van der Waals surface area contributed by atoms with E-state index in [-0.39, 0.29) is 5.92 Å². The predicted octanol–water partition coefficient (Wildman–Crippen LogP) is 3.06. The number of allylic oxidation sites excluding steroid dienone is 2. The lowest BCUT2D eigenvalue weighted by Crippen LogP contribution is -2.26. The summed E-state index contributed by atoms with van der Waals surface area (Å²) in [6, 6.07) is 0. The van der Waals surface area contributed by atoms with Gasteiger partial charge in [-0.05, 0) is 23.8 Å². The van der Waals surface area contributed by atoms with Crippen LogP contribution in [0.4, 0.5) is 4.39 Å². The molecule has 1 aliphatic heterocycles. The Kier molecular flexibility index (Phi) is 2.31. The van der Waals surface area contributed by atoms with Gasteiger partial charge >= 0.3 is 0 Å². The van der Waals surface area contributed by atoms with Crippen molar-refractivity contribution in [2.75, 3.05) is 6.61 Å². The first-order chi connectivity index (χ1) is 6.16. The van der Waals surface area contributed by atoms with Crippen LogP contribution in [0.2, 0.25) is 0 Å². The van der Waals surface area contributed by atoms with Crippen molar-refractivity contribution in [3.63, 3.8) is 0 Å². The van der Waals surface area contributed by atoms with Crippen molar-refractivity contribution in [2.45, 2.75) is 39.3 Å². The highest BCUT2D eigenvalue weighted by Gasteiger charge is 2.31. The molecule has 2 unspecified atom stereocenters. The lowest BCUT2D eigenvalue weighted by atomic mass is 9.83. The van der Waals surface area contributed by atoms with E-state index < -0.39 is 6.17 Å². The average molecular weight is 184 g/mol. The van der Waals surface area contributed by atoms with Gasteiger partial charge in [0.05, 0.1) is 12.4 Å². The first-order valence-corrected chi connectivity index (χ1v) is 5.14. The molecule has 0 radical (unpaired) electrons. The van der Waals surface area contributed by atoms with Crippen LogP contribution < -0.4 is 0 Å². The summed E-state index contributed by atoms with van der Waals surface area (Å²) >= 11 is 0. The van der Waals surface area contributed by atoms with Crippen molar-refractivity contribution >= 4 is 0 Å². The molecule has 2 heteroatoms. The molecule has 3 atom stereocenters. The molecule has 0 N–H and O–H groups in total. The van der Waals surface area contributed by atoms with Gasteiger partial charge in [0.25, 0.3) is 0 Å². The molecule has 74 valence electrons. The molecular weight excluding hydrogens is 167 g/mol. The van der Waals surface area contributed by atoms with Crippen LogP contribution in [0.3, 0.4) is 0 Å². The van der Waals surface area contributed by atoms with Gasteiger partial charge in [0, 0.05) is 12.8 Å². The van der Waals surface area contributed by atoms with E-state index in [1.54, 1.807) is 0 Å². The minimum Gasteiger partial charge on any atom is -0.498 e. The maximum atomic E-state index is 13.4. The molecule has 0 amide bonds. The summed E-state index contributed by atoms with van der Waals surface area (Å²) in [6.45, 7) is 4.95. The van der Waals surface area contributed by atoms with E-state index in [4.69, 9.17) is 4.74 Å². The van der Waals surface area contributed by atoms with Gasteiger partial charge in [-0.3, -0.25) is 0 Å². The Morgan fingerprint density at radius 1 is 1.23 bits per heavy atom. The quantitative estimate of drug-likeness (QED) is 0.562. The molecule has 0 aromatic rings. The van der Waals surface area contributed by atoms with Gasteiger partial charge in [0.1, 0.15) is 6.17 Å². The number of alkyl halides is 1. The minimum atomic E-state index is -0.646. The summed E-state index contributed by atoms with van der Waals surface area (Å²) in [7, 11) is 0. The molecule has 0 saturated carbocycles. The number of rotatable bonds is 0. The molecule has 0 aromatic heterocycles. The van der Waals surface area contributed by atoms with Gasteiger partial charge in [0.15, 0.2) is 0 Å². The van der Waals surface area contributed by atoms with Crippen molar-refractivity contribution < 1.29 is 9.13 Å². The third-order valence-corrected chi connectivity index (χ3v) is 3.10. The van der Waals surface area contributed by atoms with Crippen LogP contribution in [-0.2, 0) is 4.74 Å². The summed E-state index contributed by atoms with van der Waals surface area (Å²) in [5, 5.41) is 0. The van der Waals surface area contributed by atoms with Crippen LogP contribution >= 0.6 is 0 Å². The Morgan fingerprint density at radius 2 is 2.00 bits per heavy atom. The van der Waals surface area contributed by atoms with Crippen LogP contribution in [0.25, 0.3) is 0 Å². The molecule has 0 spiro atoms. The minimum absolute atomic E-state index is 0.146. The Morgan fingerprint density at radius 3 is 2.77 bits per heavy atom. The Bertz CT molecular complexity index is 234. The number of hydrogen-bond acceptors (Lipinski definition) is 1. The summed E-state index contributed by atoms with van der Waals surface area (Å²) in [5.41, 5.74) is 1.24. The van der Waals surface area contributed by atoms with E-state index >= 15 is 0 Å². The van der Waals surface area contributed by atoms with Crippen LogP contribution in [0.1, 0.15) is 33.1 Å². The van der Waals surface area contributed by atoms with E-state index in [2.05, 4.69) is 6.92 Å². The number of ether oxygens (including phenoxy) is 1. The highest BCUT2D eigenvalue weighted by atomic mass is 19.1. The van der Waals surface area contributed by atoms with E-state index in [1.807, 2.05) is 6.92 Å². The van der Waals surface area contributed by atoms with Crippen molar-refractivity contribution in [3.8, 4) is 0 Å². The Hall–Kier alpha value is -0.530. The highest BCUT2D eigenvalue weighted by Crippen LogP contribution is 2.37. The SMILES string of the molecule is CC1COC2=C(C1)CC(F)[C@H](C)C2. The average Bonchev–Trinajstić information content (AvgIpc) is 2.08. The van der Waals surface area contributed by atoms with Gasteiger partial charge in [-0.2, -0.15) is 0 Å². The van der Waals surface area contributed by atoms with E-state index in [9.17, 15) is 4.39 Å². The number of hydrogen-bond donors (Lipinski definition) is 0. The fourth-order valence-electron chi connectivity index (χ4n) is 2.20. The van der Waals surface area contributed by atoms with Crippen molar-refractivity contribution in [3.05, 3.63) is 11.3 Å². The molecule has 1 heterocycles. The molecule has 1 aliphatic carbocycles. The summed E-state index contributed by atoms with van der Waals surface area (Å²) in [6.07, 6.45) is 1.82. The summed E-state index contributed by atoms with van der Waals surface area (Å²) < 4.78 is 19.0. The van der Waals surface area contributed by atoms with Gasteiger partial charge in [-0.25, -0.2) is 4.39 Å². The zero-order chi connectivity index (χ0) is 9.42. The normalized spacial score (nSPS) is 39.8. The standard InChI is InChI=1S/C11H17FO/c1-7-3-9-5-10(12)8(2)4-11(9)13-6-7/h7-8,10H,3-6H2,1-2H3/t7?,8-,10?/m1/s1. The van der Waals surface area contributed by atoms with Gasteiger partial charge in [-0.1, -0.05) is 13.8 Å². The van der Waals surface area contributed by atoms with Crippen molar-refractivity contribution in [1.29, 1.82) is 0 Å². The second-order valence-corrected chi connectivity index (χ2v) is 4.55. The first-order valence-electron chi connectivity index (χ1n) is 5.14. The molecule has 2 rings (SSSR count). The van der Waals surface area contributed by atoms with Crippen LogP contribution in [0, 0.1) is 11.8 Å². The lowest BCUT2D eigenvalue weighted by molar-refractivity contribution is 0.0985. The fourth-order valence-corrected chi connectivity index (χ4v) is 2.20. The van der Waals surface area contributed by atoms with Crippen molar-refractivity contribution in [2.24, 2.45) is 11.8 Å².